The Hall–Kier alpha value is -4.18. The summed E-state index contributed by atoms with van der Waals surface area (Å²) in [6, 6.07) is 15.2. The number of benzene rings is 2. The zero-order valence-corrected chi connectivity index (χ0v) is 20.8. The first-order valence-electron chi connectivity index (χ1n) is 11.2. The quantitative estimate of drug-likeness (QED) is 0.267. The molecule has 1 unspecified atom stereocenters. The number of esters is 1. The number of methoxy groups -OCH3 is 1. The number of anilines is 1. The maximum atomic E-state index is 13.2. The van der Waals surface area contributed by atoms with Crippen LogP contribution in [0.1, 0.15) is 28.2 Å². The Morgan fingerprint density at radius 2 is 1.78 bits per heavy atom. The van der Waals surface area contributed by atoms with Gasteiger partial charge in [-0.2, -0.15) is 0 Å². The molecule has 0 saturated heterocycles. The molecule has 2 aromatic heterocycles. The highest BCUT2D eigenvalue weighted by atomic mass is 32.1. The standard InChI is InChI=1S/C26H25N3O6S/c1-16-21-24(36-22(16)26(32)35-14-13-34-20-7-5-4-6-8-20)27-15-29(25(21)31)17(2)23(30)28-18-9-11-19(33-3)12-10-18/h4-12,15,17H,13-14H2,1-3H3,(H,28,30). The number of amides is 1. The summed E-state index contributed by atoms with van der Waals surface area (Å²) in [6.07, 6.45) is 1.32. The lowest BCUT2D eigenvalue weighted by Crippen LogP contribution is -2.31. The van der Waals surface area contributed by atoms with Crippen LogP contribution < -0.4 is 20.3 Å². The Labute approximate surface area is 211 Å². The van der Waals surface area contributed by atoms with Crippen molar-refractivity contribution in [2.45, 2.75) is 19.9 Å². The monoisotopic (exact) mass is 507 g/mol. The van der Waals surface area contributed by atoms with Crippen molar-refractivity contribution < 1.29 is 23.8 Å². The number of carbonyl (C=O) groups is 2. The van der Waals surface area contributed by atoms with Crippen LogP contribution in [0, 0.1) is 6.92 Å². The van der Waals surface area contributed by atoms with Crippen molar-refractivity contribution >= 4 is 39.1 Å². The Morgan fingerprint density at radius 1 is 1.06 bits per heavy atom. The Morgan fingerprint density at radius 3 is 2.47 bits per heavy atom. The summed E-state index contributed by atoms with van der Waals surface area (Å²) in [5, 5.41) is 3.07. The molecule has 0 aliphatic rings. The second-order valence-electron chi connectivity index (χ2n) is 7.88. The van der Waals surface area contributed by atoms with Gasteiger partial charge in [0.05, 0.1) is 18.8 Å². The number of carbonyl (C=O) groups excluding carboxylic acids is 2. The van der Waals surface area contributed by atoms with E-state index < -0.39 is 17.6 Å². The number of hydrogen-bond donors (Lipinski definition) is 1. The van der Waals surface area contributed by atoms with Gasteiger partial charge in [-0.05, 0) is 55.8 Å². The number of hydrogen-bond acceptors (Lipinski definition) is 8. The lowest BCUT2D eigenvalue weighted by atomic mass is 10.2. The van der Waals surface area contributed by atoms with Crippen molar-refractivity contribution in [2.24, 2.45) is 0 Å². The summed E-state index contributed by atoms with van der Waals surface area (Å²) in [5.41, 5.74) is 0.638. The second kappa shape index (κ2) is 11.0. The molecule has 10 heteroatoms. The lowest BCUT2D eigenvalue weighted by molar-refractivity contribution is -0.118. The minimum atomic E-state index is -0.832. The molecule has 186 valence electrons. The van der Waals surface area contributed by atoms with E-state index in [4.69, 9.17) is 14.2 Å². The van der Waals surface area contributed by atoms with Crippen LogP contribution in [0.15, 0.2) is 65.7 Å². The predicted octanol–water partition coefficient (Wildman–Crippen LogP) is 4.21. The molecular weight excluding hydrogens is 482 g/mol. The van der Waals surface area contributed by atoms with E-state index in [0.29, 0.717) is 37.8 Å². The van der Waals surface area contributed by atoms with Gasteiger partial charge in [0.1, 0.15) is 40.5 Å². The first kappa shape index (κ1) is 24.9. The average Bonchev–Trinajstić information content (AvgIpc) is 3.24. The van der Waals surface area contributed by atoms with Crippen LogP contribution in [-0.4, -0.2) is 41.8 Å². The second-order valence-corrected chi connectivity index (χ2v) is 8.88. The van der Waals surface area contributed by atoms with Crippen molar-refractivity contribution in [1.29, 1.82) is 0 Å². The highest BCUT2D eigenvalue weighted by Crippen LogP contribution is 2.28. The van der Waals surface area contributed by atoms with E-state index in [9.17, 15) is 14.4 Å². The van der Waals surface area contributed by atoms with E-state index in [1.54, 1.807) is 45.2 Å². The van der Waals surface area contributed by atoms with Crippen LogP contribution in [0.4, 0.5) is 5.69 Å². The normalized spacial score (nSPS) is 11.6. The molecular formula is C26H25N3O6S. The number of thiophene rings is 1. The Balaban J connectivity index is 1.46. The van der Waals surface area contributed by atoms with Crippen LogP contribution in [0.3, 0.4) is 0 Å². The zero-order chi connectivity index (χ0) is 25.7. The fourth-order valence-corrected chi connectivity index (χ4v) is 4.56. The van der Waals surface area contributed by atoms with Crippen molar-refractivity contribution in [2.75, 3.05) is 25.6 Å². The highest BCUT2D eigenvalue weighted by Gasteiger charge is 2.23. The number of nitrogens with zero attached hydrogens (tertiary/aromatic N) is 2. The largest absolute Gasteiger partial charge is 0.497 e. The summed E-state index contributed by atoms with van der Waals surface area (Å²) in [5.74, 6) is 0.414. The molecule has 0 saturated carbocycles. The first-order chi connectivity index (χ1) is 17.4. The maximum absolute atomic E-state index is 13.2. The molecule has 1 N–H and O–H groups in total. The van der Waals surface area contributed by atoms with E-state index in [1.165, 1.54) is 10.9 Å². The summed E-state index contributed by atoms with van der Waals surface area (Å²) >= 11 is 1.08. The smallest absolute Gasteiger partial charge is 0.348 e. The van der Waals surface area contributed by atoms with Crippen molar-refractivity contribution in [3.05, 3.63) is 81.7 Å². The molecule has 0 aliphatic carbocycles. The van der Waals surface area contributed by atoms with Crippen LogP contribution in [0.25, 0.3) is 10.2 Å². The fourth-order valence-electron chi connectivity index (χ4n) is 3.53. The number of ether oxygens (including phenoxy) is 3. The molecule has 2 aromatic carbocycles. The third kappa shape index (κ3) is 5.38. The lowest BCUT2D eigenvalue weighted by Gasteiger charge is -2.15. The van der Waals surface area contributed by atoms with Gasteiger partial charge in [-0.25, -0.2) is 9.78 Å². The molecule has 4 rings (SSSR count). The summed E-state index contributed by atoms with van der Waals surface area (Å²) in [4.78, 5) is 43.7. The molecule has 4 aromatic rings. The maximum Gasteiger partial charge on any atom is 0.348 e. The summed E-state index contributed by atoms with van der Waals surface area (Å²) in [7, 11) is 1.56. The number of fused-ring (bicyclic) bond motifs is 1. The van der Waals surface area contributed by atoms with Gasteiger partial charge in [-0.3, -0.25) is 14.2 Å². The van der Waals surface area contributed by atoms with Crippen molar-refractivity contribution in [3.63, 3.8) is 0 Å². The minimum Gasteiger partial charge on any atom is -0.497 e. The zero-order valence-electron chi connectivity index (χ0n) is 20.0. The molecule has 0 spiro atoms. The van der Waals surface area contributed by atoms with E-state index >= 15 is 0 Å². The molecule has 1 atom stereocenters. The number of nitrogens with one attached hydrogen (secondary N) is 1. The van der Waals surface area contributed by atoms with E-state index in [0.717, 1.165) is 11.3 Å². The van der Waals surface area contributed by atoms with Gasteiger partial charge in [0.15, 0.2) is 0 Å². The van der Waals surface area contributed by atoms with E-state index in [2.05, 4.69) is 10.3 Å². The van der Waals surface area contributed by atoms with Crippen LogP contribution in [-0.2, 0) is 9.53 Å². The fraction of sp³-hybridized carbons (Fsp3) is 0.231. The molecule has 1 amide bonds. The highest BCUT2D eigenvalue weighted by molar-refractivity contribution is 7.20. The van der Waals surface area contributed by atoms with Crippen LogP contribution >= 0.6 is 11.3 Å². The van der Waals surface area contributed by atoms with Gasteiger partial charge in [0.25, 0.3) is 5.56 Å². The average molecular weight is 508 g/mol. The van der Waals surface area contributed by atoms with Gasteiger partial charge >= 0.3 is 5.97 Å². The molecule has 2 heterocycles. The van der Waals surface area contributed by atoms with Gasteiger partial charge in [-0.1, -0.05) is 18.2 Å². The molecule has 0 bridgehead atoms. The summed E-state index contributed by atoms with van der Waals surface area (Å²) in [6.45, 7) is 3.54. The SMILES string of the molecule is COc1ccc(NC(=O)C(C)n2cnc3sc(C(=O)OCCOc4ccccc4)c(C)c3c2=O)cc1. The molecule has 0 fully saturated rings. The van der Waals surface area contributed by atoms with Crippen LogP contribution in [0.5, 0.6) is 11.5 Å². The van der Waals surface area contributed by atoms with Gasteiger partial charge in [0.2, 0.25) is 5.91 Å². The number of aryl methyl sites for hydroxylation is 1. The summed E-state index contributed by atoms with van der Waals surface area (Å²) < 4.78 is 17.2. The van der Waals surface area contributed by atoms with Gasteiger partial charge in [-0.15, -0.1) is 11.3 Å². The Kier molecular flexibility index (Phi) is 7.65. The van der Waals surface area contributed by atoms with Gasteiger partial charge in [0, 0.05) is 5.69 Å². The van der Waals surface area contributed by atoms with Gasteiger partial charge < -0.3 is 19.5 Å². The molecule has 0 radical (unpaired) electrons. The topological polar surface area (TPSA) is 109 Å². The van der Waals surface area contributed by atoms with E-state index in [1.807, 2.05) is 30.3 Å². The molecule has 36 heavy (non-hydrogen) atoms. The molecule has 9 nitrogen and oxygen atoms in total. The van der Waals surface area contributed by atoms with Crippen LogP contribution in [0.2, 0.25) is 0 Å². The third-order valence-corrected chi connectivity index (χ3v) is 6.72. The predicted molar refractivity (Wildman–Crippen MR) is 137 cm³/mol. The van der Waals surface area contributed by atoms with Crippen molar-refractivity contribution in [1.82, 2.24) is 9.55 Å². The first-order valence-corrected chi connectivity index (χ1v) is 12.0. The number of aromatic nitrogens is 2. The third-order valence-electron chi connectivity index (χ3n) is 5.54. The van der Waals surface area contributed by atoms with Crippen molar-refractivity contribution in [3.8, 4) is 11.5 Å². The molecule has 0 aliphatic heterocycles. The number of para-hydroxylation sites is 1. The minimum absolute atomic E-state index is 0.0572. The Bertz CT molecular complexity index is 1430. The number of rotatable bonds is 9. The van der Waals surface area contributed by atoms with E-state index in [-0.39, 0.29) is 19.1 Å².